The minimum Gasteiger partial charge on any atom is -0.381 e. The van der Waals surface area contributed by atoms with Crippen LogP contribution in [-0.2, 0) is 14.3 Å². The second-order valence-electron chi connectivity index (χ2n) is 5.73. The zero-order chi connectivity index (χ0) is 18.2. The number of unbranched alkanes of at least 4 members (excludes halogenated alkanes) is 1. The van der Waals surface area contributed by atoms with Crippen LogP contribution in [0.1, 0.15) is 38.7 Å². The van der Waals surface area contributed by atoms with Gasteiger partial charge in [0.2, 0.25) is 0 Å². The van der Waals surface area contributed by atoms with E-state index in [-0.39, 0.29) is 17.6 Å². The molecule has 1 aromatic rings. The molecule has 0 bridgehead atoms. The summed E-state index contributed by atoms with van der Waals surface area (Å²) in [6.45, 7) is 5.60. The van der Waals surface area contributed by atoms with E-state index in [1.165, 1.54) is 28.8 Å². The summed E-state index contributed by atoms with van der Waals surface area (Å²) in [7, 11) is 0. The van der Waals surface area contributed by atoms with Gasteiger partial charge in [0.25, 0.3) is 11.8 Å². The number of thioether (sulfide) groups is 1. The molecule has 0 fully saturated rings. The van der Waals surface area contributed by atoms with E-state index in [0.29, 0.717) is 48.0 Å². The summed E-state index contributed by atoms with van der Waals surface area (Å²) in [4.78, 5) is 27.1. The quantitative estimate of drug-likeness (QED) is 0.466. The molecule has 2 amide bonds. The molecule has 0 N–H and O–H groups in total. The van der Waals surface area contributed by atoms with Crippen molar-refractivity contribution in [1.82, 2.24) is 4.90 Å². The Balaban J connectivity index is 2.08. The van der Waals surface area contributed by atoms with Gasteiger partial charge < -0.3 is 4.74 Å². The Morgan fingerprint density at radius 1 is 1.04 bits per heavy atom. The summed E-state index contributed by atoms with van der Waals surface area (Å²) in [6, 6.07) is 5.70. The number of rotatable bonds is 10. The van der Waals surface area contributed by atoms with Gasteiger partial charge in [0, 0.05) is 19.8 Å². The van der Waals surface area contributed by atoms with E-state index in [9.17, 15) is 14.0 Å². The van der Waals surface area contributed by atoms with Crippen molar-refractivity contribution >= 4 is 29.1 Å². The van der Waals surface area contributed by atoms with Crippen LogP contribution >= 0.6 is 11.8 Å². The number of benzene rings is 1. The number of carbonyl (C=O) groups is 2. The van der Waals surface area contributed by atoms with Gasteiger partial charge in [-0.25, -0.2) is 4.39 Å². The first-order valence-electron chi connectivity index (χ1n) is 8.67. The number of halogens is 1. The lowest BCUT2D eigenvalue weighted by Gasteiger charge is -2.15. The second kappa shape index (κ2) is 9.73. The molecule has 2 rings (SSSR count). The molecule has 0 aliphatic carbocycles. The molecule has 0 unspecified atom stereocenters. The van der Waals surface area contributed by atoms with E-state index in [2.05, 4.69) is 6.92 Å². The molecule has 0 radical (unpaired) electrons. The van der Waals surface area contributed by atoms with Crippen LogP contribution in [0.5, 0.6) is 0 Å². The van der Waals surface area contributed by atoms with Crippen LogP contribution in [0.15, 0.2) is 29.2 Å². The second-order valence-corrected chi connectivity index (χ2v) is 7.00. The first kappa shape index (κ1) is 19.7. The highest BCUT2D eigenvalue weighted by Crippen LogP contribution is 2.35. The number of nitrogens with zero attached hydrogens (tertiary/aromatic N) is 1. The summed E-state index contributed by atoms with van der Waals surface area (Å²) < 4.78 is 18.7. The van der Waals surface area contributed by atoms with Crippen LogP contribution in [0.25, 0.3) is 5.57 Å². The Hall–Kier alpha value is -1.66. The molecule has 1 aromatic carbocycles. The van der Waals surface area contributed by atoms with E-state index >= 15 is 0 Å². The lowest BCUT2D eigenvalue weighted by atomic mass is 10.1. The van der Waals surface area contributed by atoms with Crippen molar-refractivity contribution in [3.8, 4) is 0 Å². The Labute approximate surface area is 152 Å². The van der Waals surface area contributed by atoms with E-state index in [1.54, 1.807) is 12.1 Å². The normalized spacial score (nSPS) is 14.8. The van der Waals surface area contributed by atoms with Gasteiger partial charge in [0.15, 0.2) is 0 Å². The molecule has 0 spiro atoms. The fraction of sp³-hybridized carbons (Fsp3) is 0.474. The summed E-state index contributed by atoms with van der Waals surface area (Å²) in [5.74, 6) is -0.245. The predicted octanol–water partition coefficient (Wildman–Crippen LogP) is 3.87. The summed E-state index contributed by atoms with van der Waals surface area (Å²) in [6.07, 6.45) is 2.70. The van der Waals surface area contributed by atoms with Crippen LogP contribution in [0, 0.1) is 5.82 Å². The highest BCUT2D eigenvalue weighted by Gasteiger charge is 2.38. The third-order valence-corrected chi connectivity index (χ3v) is 4.82. The minimum absolute atomic E-state index is 0.260. The van der Waals surface area contributed by atoms with E-state index in [4.69, 9.17) is 4.74 Å². The number of amides is 2. The molecule has 0 saturated heterocycles. The zero-order valence-corrected chi connectivity index (χ0v) is 15.5. The van der Waals surface area contributed by atoms with Crippen LogP contribution < -0.4 is 0 Å². The maximum Gasteiger partial charge on any atom is 0.267 e. The molecule has 0 aromatic heterocycles. The molecule has 4 nitrogen and oxygen atoms in total. The van der Waals surface area contributed by atoms with Gasteiger partial charge in [-0.05, 0) is 36.3 Å². The van der Waals surface area contributed by atoms with E-state index in [0.717, 1.165) is 12.8 Å². The monoisotopic (exact) mass is 365 g/mol. The number of carbonyl (C=O) groups excluding carboxylic acids is 2. The number of imide groups is 1. The Morgan fingerprint density at radius 3 is 2.36 bits per heavy atom. The number of ether oxygens (including phenoxy) is 1. The Bertz CT molecular complexity index is 643. The predicted molar refractivity (Wildman–Crippen MR) is 98.5 cm³/mol. The standard InChI is InChI=1S/C19H24FNO3S/c1-3-5-12-24-13-6-11-21-18(22)16(17(19(21)23)25-4-2)14-7-9-15(20)10-8-14/h7-10H,3-6,11-13H2,1-2H3. The van der Waals surface area contributed by atoms with Gasteiger partial charge in [-0.15, -0.1) is 11.8 Å². The van der Waals surface area contributed by atoms with Gasteiger partial charge in [-0.3, -0.25) is 14.5 Å². The van der Waals surface area contributed by atoms with Crippen molar-refractivity contribution in [1.29, 1.82) is 0 Å². The van der Waals surface area contributed by atoms with Crippen LogP contribution in [0.3, 0.4) is 0 Å². The molecule has 1 heterocycles. The SMILES string of the molecule is CCCCOCCCN1C(=O)C(SCC)=C(c2ccc(F)cc2)C1=O. The first-order valence-corrected chi connectivity index (χ1v) is 9.65. The molecular formula is C19H24FNO3S. The van der Waals surface area contributed by atoms with Crippen LogP contribution in [0.2, 0.25) is 0 Å². The number of hydrogen-bond donors (Lipinski definition) is 0. The fourth-order valence-corrected chi connectivity index (χ4v) is 3.45. The van der Waals surface area contributed by atoms with Crippen molar-refractivity contribution in [3.05, 3.63) is 40.6 Å². The maximum atomic E-state index is 13.2. The van der Waals surface area contributed by atoms with Gasteiger partial charge in [0.1, 0.15) is 5.82 Å². The molecular weight excluding hydrogens is 341 g/mol. The van der Waals surface area contributed by atoms with Crippen molar-refractivity contribution in [2.24, 2.45) is 0 Å². The van der Waals surface area contributed by atoms with Gasteiger partial charge in [-0.1, -0.05) is 32.4 Å². The molecule has 136 valence electrons. The topological polar surface area (TPSA) is 46.6 Å². The smallest absolute Gasteiger partial charge is 0.267 e. The maximum absolute atomic E-state index is 13.2. The van der Waals surface area contributed by atoms with E-state index in [1.807, 2.05) is 6.92 Å². The average Bonchev–Trinajstić information content (AvgIpc) is 2.83. The molecule has 1 aliphatic heterocycles. The fourth-order valence-electron chi connectivity index (χ4n) is 2.58. The van der Waals surface area contributed by atoms with Crippen LogP contribution in [-0.4, -0.2) is 42.2 Å². The van der Waals surface area contributed by atoms with Crippen molar-refractivity contribution in [3.63, 3.8) is 0 Å². The highest BCUT2D eigenvalue weighted by atomic mass is 32.2. The summed E-state index contributed by atoms with van der Waals surface area (Å²) in [5.41, 5.74) is 0.959. The highest BCUT2D eigenvalue weighted by molar-refractivity contribution is 8.04. The third kappa shape index (κ3) is 4.92. The summed E-state index contributed by atoms with van der Waals surface area (Å²) >= 11 is 1.35. The van der Waals surface area contributed by atoms with Crippen molar-refractivity contribution in [2.45, 2.75) is 33.1 Å². The first-order chi connectivity index (χ1) is 12.1. The Kier molecular flexibility index (Phi) is 7.65. The van der Waals surface area contributed by atoms with Crippen molar-refractivity contribution < 1.29 is 18.7 Å². The molecule has 6 heteroatoms. The lowest BCUT2D eigenvalue weighted by Crippen LogP contribution is -2.33. The van der Waals surface area contributed by atoms with Crippen molar-refractivity contribution in [2.75, 3.05) is 25.5 Å². The zero-order valence-electron chi connectivity index (χ0n) is 14.7. The van der Waals surface area contributed by atoms with Gasteiger partial charge in [0.05, 0.1) is 10.5 Å². The number of hydrogen-bond acceptors (Lipinski definition) is 4. The molecule has 0 saturated carbocycles. The van der Waals surface area contributed by atoms with Gasteiger partial charge >= 0.3 is 0 Å². The molecule has 1 aliphatic rings. The molecule has 0 atom stereocenters. The van der Waals surface area contributed by atoms with E-state index < -0.39 is 0 Å². The summed E-state index contributed by atoms with van der Waals surface area (Å²) in [5, 5.41) is 0. The average molecular weight is 365 g/mol. The lowest BCUT2D eigenvalue weighted by molar-refractivity contribution is -0.136. The van der Waals surface area contributed by atoms with Crippen LogP contribution in [0.4, 0.5) is 4.39 Å². The van der Waals surface area contributed by atoms with Gasteiger partial charge in [-0.2, -0.15) is 0 Å². The molecule has 25 heavy (non-hydrogen) atoms. The third-order valence-electron chi connectivity index (χ3n) is 3.86. The Morgan fingerprint density at radius 2 is 1.72 bits per heavy atom. The minimum atomic E-state index is -0.369. The largest absolute Gasteiger partial charge is 0.381 e.